The zero-order chi connectivity index (χ0) is 16.9. The monoisotopic (exact) mass is 342 g/mol. The number of hydrogen-bond donors (Lipinski definition) is 3. The number of aryl methyl sites for hydroxylation is 1. The van der Waals surface area contributed by atoms with Crippen molar-refractivity contribution in [1.82, 2.24) is 15.8 Å². The molecule has 0 fully saturated rings. The second kappa shape index (κ2) is 7.27. The highest BCUT2D eigenvalue weighted by Crippen LogP contribution is 2.26. The number of aromatic nitrogens is 1. The Kier molecular flexibility index (Phi) is 4.90. The third kappa shape index (κ3) is 3.62. The molecule has 0 unspecified atom stereocenters. The van der Waals surface area contributed by atoms with Crippen LogP contribution in [0.2, 0.25) is 0 Å². The van der Waals surface area contributed by atoms with E-state index in [1.54, 1.807) is 18.3 Å². The van der Waals surface area contributed by atoms with Crippen molar-refractivity contribution in [2.24, 2.45) is 0 Å². The lowest BCUT2D eigenvalue weighted by Gasteiger charge is -2.30. The normalized spacial score (nSPS) is 13.1. The molecular formula is C17H18N4O2S. The van der Waals surface area contributed by atoms with Gasteiger partial charge in [0, 0.05) is 18.4 Å². The highest BCUT2D eigenvalue weighted by atomic mass is 32.1. The number of benzene rings is 1. The molecule has 1 aliphatic heterocycles. The van der Waals surface area contributed by atoms with Gasteiger partial charge in [-0.2, -0.15) is 0 Å². The maximum absolute atomic E-state index is 12.1. The smallest absolute Gasteiger partial charge is 0.272 e. The molecule has 7 heteroatoms. The Bertz CT molecular complexity index is 818. The molecule has 0 saturated carbocycles. The van der Waals surface area contributed by atoms with Gasteiger partial charge in [0.1, 0.15) is 4.64 Å². The number of carbonyl (C=O) groups excluding carboxylic acids is 2. The van der Waals surface area contributed by atoms with E-state index >= 15 is 0 Å². The van der Waals surface area contributed by atoms with Crippen molar-refractivity contribution in [3.63, 3.8) is 0 Å². The fourth-order valence-electron chi connectivity index (χ4n) is 2.78. The molecule has 2 amide bonds. The average molecular weight is 342 g/mol. The number of fused-ring (bicyclic) bond motifs is 1. The van der Waals surface area contributed by atoms with Crippen molar-refractivity contribution in [1.29, 1.82) is 0 Å². The van der Waals surface area contributed by atoms with Gasteiger partial charge in [0.25, 0.3) is 11.8 Å². The van der Waals surface area contributed by atoms with Gasteiger partial charge < -0.3 is 9.88 Å². The van der Waals surface area contributed by atoms with Crippen molar-refractivity contribution in [3.05, 3.63) is 58.4 Å². The van der Waals surface area contributed by atoms with Gasteiger partial charge in [-0.05, 0) is 36.6 Å². The standard InChI is InChI=1S/C17H18N4O2S/c22-15(19-20-16(23)13-7-3-9-18-17(13)24)11-21-10-4-6-12-5-1-2-8-14(12)21/h1-3,5,7-9H,4,6,10-11H2,(H,18,24)(H,19,22)(H,20,23). The van der Waals surface area contributed by atoms with Crippen molar-refractivity contribution >= 4 is 29.7 Å². The number of aromatic amines is 1. The van der Waals surface area contributed by atoms with Gasteiger partial charge in [0.05, 0.1) is 12.1 Å². The Hall–Kier alpha value is -2.67. The van der Waals surface area contributed by atoms with E-state index in [1.807, 2.05) is 23.1 Å². The molecular weight excluding hydrogens is 324 g/mol. The van der Waals surface area contributed by atoms with Gasteiger partial charge in [0.15, 0.2) is 0 Å². The summed E-state index contributed by atoms with van der Waals surface area (Å²) in [4.78, 5) is 29.0. The third-order valence-corrected chi connectivity index (χ3v) is 4.26. The van der Waals surface area contributed by atoms with E-state index in [0.29, 0.717) is 10.2 Å². The predicted molar refractivity (Wildman–Crippen MR) is 94.2 cm³/mol. The lowest BCUT2D eigenvalue weighted by Crippen LogP contribution is -2.47. The van der Waals surface area contributed by atoms with Crippen LogP contribution in [0.15, 0.2) is 42.6 Å². The van der Waals surface area contributed by atoms with E-state index < -0.39 is 5.91 Å². The molecule has 124 valence electrons. The van der Waals surface area contributed by atoms with Crippen LogP contribution in [0.25, 0.3) is 0 Å². The molecule has 2 aromatic rings. The Morgan fingerprint density at radius 3 is 2.83 bits per heavy atom. The van der Waals surface area contributed by atoms with Crippen molar-refractivity contribution in [2.45, 2.75) is 12.8 Å². The number of pyridine rings is 1. The minimum absolute atomic E-state index is 0.193. The van der Waals surface area contributed by atoms with Gasteiger partial charge >= 0.3 is 0 Å². The van der Waals surface area contributed by atoms with Gasteiger partial charge in [-0.3, -0.25) is 20.4 Å². The Labute approximate surface area is 144 Å². The lowest BCUT2D eigenvalue weighted by atomic mass is 10.0. The quantitative estimate of drug-likeness (QED) is 0.589. The van der Waals surface area contributed by atoms with E-state index in [9.17, 15) is 9.59 Å². The molecule has 3 rings (SSSR count). The maximum atomic E-state index is 12.1. The predicted octanol–water partition coefficient (Wildman–Crippen LogP) is 1.96. The molecule has 0 aliphatic carbocycles. The molecule has 0 radical (unpaired) electrons. The number of para-hydroxylation sites is 1. The molecule has 2 heterocycles. The first-order valence-corrected chi connectivity index (χ1v) is 8.16. The van der Waals surface area contributed by atoms with Crippen molar-refractivity contribution in [3.8, 4) is 0 Å². The number of amides is 2. The van der Waals surface area contributed by atoms with Gasteiger partial charge in [-0.1, -0.05) is 30.4 Å². The number of anilines is 1. The molecule has 0 saturated heterocycles. The van der Waals surface area contributed by atoms with Crippen LogP contribution >= 0.6 is 12.2 Å². The number of rotatable bonds is 3. The largest absolute Gasteiger partial charge is 0.362 e. The highest BCUT2D eigenvalue weighted by molar-refractivity contribution is 7.71. The van der Waals surface area contributed by atoms with Crippen LogP contribution in [0.4, 0.5) is 5.69 Å². The molecule has 1 aliphatic rings. The van der Waals surface area contributed by atoms with Crippen LogP contribution in [-0.4, -0.2) is 29.9 Å². The first-order chi connectivity index (χ1) is 11.6. The van der Waals surface area contributed by atoms with Gasteiger partial charge in [-0.25, -0.2) is 0 Å². The zero-order valence-electron chi connectivity index (χ0n) is 13.0. The fraction of sp³-hybridized carbons (Fsp3) is 0.235. The van der Waals surface area contributed by atoms with E-state index in [1.165, 1.54) is 5.56 Å². The van der Waals surface area contributed by atoms with Crippen LogP contribution in [-0.2, 0) is 11.2 Å². The molecule has 1 aromatic heterocycles. The third-order valence-electron chi connectivity index (χ3n) is 3.92. The number of hydrogen-bond acceptors (Lipinski definition) is 4. The second-order valence-corrected chi connectivity index (χ2v) is 5.98. The molecule has 24 heavy (non-hydrogen) atoms. The summed E-state index contributed by atoms with van der Waals surface area (Å²) in [5, 5.41) is 0. The molecule has 0 spiro atoms. The topological polar surface area (TPSA) is 77.2 Å². The number of nitrogens with zero attached hydrogens (tertiary/aromatic N) is 1. The van der Waals surface area contributed by atoms with Crippen LogP contribution in [0.3, 0.4) is 0 Å². The van der Waals surface area contributed by atoms with Gasteiger partial charge in [0.2, 0.25) is 0 Å². The Morgan fingerprint density at radius 2 is 2.00 bits per heavy atom. The minimum atomic E-state index is -0.441. The fourth-order valence-corrected chi connectivity index (χ4v) is 3.01. The molecule has 0 atom stereocenters. The van der Waals surface area contributed by atoms with E-state index in [-0.39, 0.29) is 12.5 Å². The summed E-state index contributed by atoms with van der Waals surface area (Å²) >= 11 is 5.05. The summed E-state index contributed by atoms with van der Waals surface area (Å²) < 4.78 is 0.328. The minimum Gasteiger partial charge on any atom is -0.362 e. The molecule has 1 aromatic carbocycles. The Morgan fingerprint density at radius 1 is 1.17 bits per heavy atom. The molecule has 6 nitrogen and oxygen atoms in total. The summed E-state index contributed by atoms with van der Waals surface area (Å²) in [5.74, 6) is -0.713. The van der Waals surface area contributed by atoms with Crippen LogP contribution in [0.1, 0.15) is 22.3 Å². The number of H-pyrrole nitrogens is 1. The van der Waals surface area contributed by atoms with Crippen molar-refractivity contribution in [2.75, 3.05) is 18.0 Å². The highest BCUT2D eigenvalue weighted by Gasteiger charge is 2.19. The second-order valence-electron chi connectivity index (χ2n) is 5.57. The average Bonchev–Trinajstić information content (AvgIpc) is 2.60. The van der Waals surface area contributed by atoms with Crippen LogP contribution in [0.5, 0.6) is 0 Å². The Balaban J connectivity index is 1.58. The maximum Gasteiger partial charge on any atom is 0.272 e. The zero-order valence-corrected chi connectivity index (χ0v) is 13.9. The number of nitrogens with one attached hydrogen (secondary N) is 3. The lowest BCUT2D eigenvalue weighted by molar-refractivity contribution is -0.120. The van der Waals surface area contributed by atoms with E-state index in [0.717, 1.165) is 25.1 Å². The molecule has 3 N–H and O–H groups in total. The van der Waals surface area contributed by atoms with Crippen molar-refractivity contribution < 1.29 is 9.59 Å². The van der Waals surface area contributed by atoms with Crippen LogP contribution in [0, 0.1) is 4.64 Å². The summed E-state index contributed by atoms with van der Waals surface area (Å²) in [6.45, 7) is 1.02. The van der Waals surface area contributed by atoms with Crippen LogP contribution < -0.4 is 15.8 Å². The summed E-state index contributed by atoms with van der Waals surface area (Å²) in [5.41, 5.74) is 7.49. The SMILES string of the molecule is O=C(CN1CCCc2ccccc21)NNC(=O)c1ccc[nH]c1=S. The first-order valence-electron chi connectivity index (χ1n) is 7.75. The van der Waals surface area contributed by atoms with E-state index in [4.69, 9.17) is 12.2 Å². The van der Waals surface area contributed by atoms with Gasteiger partial charge in [-0.15, -0.1) is 0 Å². The summed E-state index contributed by atoms with van der Waals surface area (Å²) in [7, 11) is 0. The first kappa shape index (κ1) is 16.2. The summed E-state index contributed by atoms with van der Waals surface area (Å²) in [6, 6.07) is 11.3. The number of carbonyl (C=O) groups is 2. The van der Waals surface area contributed by atoms with E-state index in [2.05, 4.69) is 21.9 Å². The number of hydrazine groups is 1. The summed E-state index contributed by atoms with van der Waals surface area (Å²) in [6.07, 6.45) is 3.68. The molecule has 0 bridgehead atoms.